The van der Waals surface area contributed by atoms with Crippen molar-refractivity contribution in [3.63, 3.8) is 0 Å². The Labute approximate surface area is 176 Å². The smallest absolute Gasteiger partial charge is 0.249 e. The quantitative estimate of drug-likeness (QED) is 0.749. The Balaban J connectivity index is 1.57. The number of sulfonamides is 1. The first kappa shape index (κ1) is 20.5. The van der Waals surface area contributed by atoms with E-state index in [0.717, 1.165) is 6.42 Å². The van der Waals surface area contributed by atoms with Crippen molar-refractivity contribution in [2.24, 2.45) is 5.92 Å². The number of fused-ring (bicyclic) bond motifs is 1. The summed E-state index contributed by atoms with van der Waals surface area (Å²) in [6, 6.07) is 6.22. The van der Waals surface area contributed by atoms with Gasteiger partial charge in [0, 0.05) is 33.9 Å². The summed E-state index contributed by atoms with van der Waals surface area (Å²) in [5.41, 5.74) is 1.35. The summed E-state index contributed by atoms with van der Waals surface area (Å²) in [7, 11) is 3.17. The van der Waals surface area contributed by atoms with Crippen molar-refractivity contribution in [3.05, 3.63) is 30.5 Å². The molecule has 1 fully saturated rings. The largest absolute Gasteiger partial charge is 0.346 e. The molecule has 1 aliphatic heterocycles. The number of nitrogens with one attached hydrogen (secondary N) is 1. The van der Waals surface area contributed by atoms with Crippen molar-refractivity contribution in [2.45, 2.75) is 30.2 Å². The summed E-state index contributed by atoms with van der Waals surface area (Å²) in [4.78, 5) is 25.5. The highest BCUT2D eigenvalue weighted by Crippen LogP contribution is 2.40. The third-order valence-electron chi connectivity index (χ3n) is 5.67. The third kappa shape index (κ3) is 3.72. The number of amides is 1. The van der Waals surface area contributed by atoms with Crippen LogP contribution in [-0.4, -0.2) is 62.8 Å². The molecule has 1 unspecified atom stereocenters. The van der Waals surface area contributed by atoms with Crippen LogP contribution in [0.1, 0.15) is 19.3 Å². The van der Waals surface area contributed by atoms with Crippen LogP contribution in [0.15, 0.2) is 35.4 Å². The highest BCUT2D eigenvalue weighted by Gasteiger charge is 2.39. The number of aromatic nitrogens is 2. The van der Waals surface area contributed by atoms with E-state index >= 15 is 0 Å². The molecule has 10 heteroatoms. The molecule has 0 saturated heterocycles. The van der Waals surface area contributed by atoms with Crippen molar-refractivity contribution in [1.29, 1.82) is 0 Å². The maximum atomic E-state index is 12.8. The molecule has 0 spiro atoms. The molecule has 9 nitrogen and oxygen atoms in total. The third-order valence-corrected chi connectivity index (χ3v) is 7.50. The van der Waals surface area contributed by atoms with Crippen LogP contribution in [0.3, 0.4) is 0 Å². The maximum absolute atomic E-state index is 12.8. The number of likely N-dealkylation sites (N-methyl/N-ethyl adjacent to an activating group) is 2. The predicted molar refractivity (Wildman–Crippen MR) is 116 cm³/mol. The molecule has 1 aromatic carbocycles. The van der Waals surface area contributed by atoms with Crippen molar-refractivity contribution < 1.29 is 13.2 Å². The van der Waals surface area contributed by atoms with Gasteiger partial charge in [-0.15, -0.1) is 0 Å². The molecule has 1 N–H and O–H groups in total. The van der Waals surface area contributed by atoms with E-state index in [4.69, 9.17) is 0 Å². The van der Waals surface area contributed by atoms with E-state index < -0.39 is 10.0 Å². The molecular weight excluding hydrogens is 404 g/mol. The molecular formula is C20H26N6O3S. The topological polar surface area (TPSA) is 98.7 Å². The van der Waals surface area contributed by atoms with E-state index in [1.807, 2.05) is 11.9 Å². The first-order chi connectivity index (χ1) is 14.2. The molecule has 4 rings (SSSR count). The second-order valence-electron chi connectivity index (χ2n) is 8.04. The van der Waals surface area contributed by atoms with E-state index in [-0.39, 0.29) is 16.8 Å². The summed E-state index contributed by atoms with van der Waals surface area (Å²) in [6.45, 7) is 0. The second kappa shape index (κ2) is 7.51. The zero-order chi connectivity index (χ0) is 21.6. The number of carbonyl (C=O) groups is 1. The van der Waals surface area contributed by atoms with Gasteiger partial charge in [-0.05, 0) is 36.6 Å². The summed E-state index contributed by atoms with van der Waals surface area (Å²) < 4.78 is 25.6. The fourth-order valence-corrected chi connectivity index (χ4v) is 4.46. The normalized spacial score (nSPS) is 19.2. The van der Waals surface area contributed by atoms with Crippen molar-refractivity contribution in [2.75, 3.05) is 43.3 Å². The average molecular weight is 431 g/mol. The minimum absolute atomic E-state index is 0.0684. The van der Waals surface area contributed by atoms with Crippen LogP contribution in [0.2, 0.25) is 0 Å². The average Bonchev–Trinajstić information content (AvgIpc) is 3.54. The van der Waals surface area contributed by atoms with Gasteiger partial charge in [0.2, 0.25) is 21.9 Å². The number of nitrogens with zero attached hydrogens (tertiary/aromatic N) is 5. The highest BCUT2D eigenvalue weighted by molar-refractivity contribution is 7.89. The Morgan fingerprint density at radius 3 is 2.43 bits per heavy atom. The lowest BCUT2D eigenvalue weighted by Gasteiger charge is -2.38. The Bertz CT molecular complexity index is 1070. The molecule has 1 aromatic heterocycles. The second-order valence-corrected chi connectivity index (χ2v) is 10.2. The summed E-state index contributed by atoms with van der Waals surface area (Å²) >= 11 is 0. The summed E-state index contributed by atoms with van der Waals surface area (Å²) in [5, 5.41) is 3.12. The van der Waals surface area contributed by atoms with Crippen LogP contribution in [0.4, 0.5) is 23.1 Å². The number of hydrogen-bond donors (Lipinski definition) is 1. The van der Waals surface area contributed by atoms with Crippen molar-refractivity contribution in [3.8, 4) is 0 Å². The van der Waals surface area contributed by atoms with Crippen LogP contribution >= 0.6 is 0 Å². The van der Waals surface area contributed by atoms with E-state index in [1.54, 1.807) is 42.4 Å². The molecule has 1 amide bonds. The zero-order valence-corrected chi connectivity index (χ0v) is 18.3. The fraction of sp³-hybridized carbons (Fsp3) is 0.450. The minimum atomic E-state index is -3.48. The number of anilines is 4. The van der Waals surface area contributed by atoms with Gasteiger partial charge in [0.05, 0.1) is 11.1 Å². The SMILES string of the molecule is CN1C(=O)C(CC2CC2)N(C)c2nc(Nc3ccc(S(=O)(=O)N(C)C)cc3)ncc21. The molecule has 1 aliphatic carbocycles. The van der Waals surface area contributed by atoms with Gasteiger partial charge in [-0.25, -0.2) is 17.7 Å². The molecule has 2 heterocycles. The van der Waals surface area contributed by atoms with Crippen LogP contribution < -0.4 is 15.1 Å². The number of rotatable bonds is 6. The van der Waals surface area contributed by atoms with Gasteiger partial charge in [-0.1, -0.05) is 12.8 Å². The van der Waals surface area contributed by atoms with Gasteiger partial charge in [0.25, 0.3) is 0 Å². The van der Waals surface area contributed by atoms with Crippen LogP contribution in [0.5, 0.6) is 0 Å². The molecule has 1 saturated carbocycles. The number of hydrogen-bond acceptors (Lipinski definition) is 7. The Kier molecular flexibility index (Phi) is 5.15. The van der Waals surface area contributed by atoms with Gasteiger partial charge in [0.15, 0.2) is 5.82 Å². The van der Waals surface area contributed by atoms with Gasteiger partial charge in [0.1, 0.15) is 11.7 Å². The molecule has 160 valence electrons. The van der Waals surface area contributed by atoms with E-state index in [0.29, 0.717) is 29.1 Å². The van der Waals surface area contributed by atoms with E-state index in [2.05, 4.69) is 15.3 Å². The van der Waals surface area contributed by atoms with Gasteiger partial charge in [-0.2, -0.15) is 4.98 Å². The van der Waals surface area contributed by atoms with E-state index in [1.165, 1.54) is 31.2 Å². The predicted octanol–water partition coefficient (Wildman–Crippen LogP) is 2.05. The van der Waals surface area contributed by atoms with Gasteiger partial charge in [-0.3, -0.25) is 4.79 Å². The van der Waals surface area contributed by atoms with Crippen molar-refractivity contribution in [1.82, 2.24) is 14.3 Å². The number of benzene rings is 1. The van der Waals surface area contributed by atoms with E-state index in [9.17, 15) is 13.2 Å². The Morgan fingerprint density at radius 1 is 1.17 bits per heavy atom. The molecule has 30 heavy (non-hydrogen) atoms. The van der Waals surface area contributed by atoms with Gasteiger partial charge >= 0.3 is 0 Å². The minimum Gasteiger partial charge on any atom is -0.346 e. The lowest BCUT2D eigenvalue weighted by molar-refractivity contribution is -0.120. The highest BCUT2D eigenvalue weighted by atomic mass is 32.2. The maximum Gasteiger partial charge on any atom is 0.249 e. The summed E-state index contributed by atoms with van der Waals surface area (Å²) in [6.07, 6.45) is 4.85. The first-order valence-electron chi connectivity index (χ1n) is 9.85. The first-order valence-corrected chi connectivity index (χ1v) is 11.3. The van der Waals surface area contributed by atoms with Crippen LogP contribution in [-0.2, 0) is 14.8 Å². The summed E-state index contributed by atoms with van der Waals surface area (Å²) in [5.74, 6) is 1.77. The van der Waals surface area contributed by atoms with Crippen LogP contribution in [0.25, 0.3) is 0 Å². The monoisotopic (exact) mass is 430 g/mol. The zero-order valence-electron chi connectivity index (χ0n) is 17.5. The molecule has 2 aliphatic rings. The van der Waals surface area contributed by atoms with Crippen LogP contribution in [0, 0.1) is 5.92 Å². The lowest BCUT2D eigenvalue weighted by Crippen LogP contribution is -2.51. The molecule has 1 atom stereocenters. The Hall–Kier alpha value is -2.72. The fourth-order valence-electron chi connectivity index (χ4n) is 3.56. The lowest BCUT2D eigenvalue weighted by atomic mass is 10.0. The molecule has 0 bridgehead atoms. The number of carbonyl (C=O) groups excluding carboxylic acids is 1. The standard InChI is InChI=1S/C20H26N6O3S/c1-24(2)30(28,29)15-9-7-14(8-10-15)22-20-21-12-17-18(23-20)25(3)16(11-13-5-6-13)19(27)26(17)4/h7-10,12-13,16H,5-6,11H2,1-4H3,(H,21,22,23). The van der Waals surface area contributed by atoms with Gasteiger partial charge < -0.3 is 15.1 Å². The van der Waals surface area contributed by atoms with Crippen molar-refractivity contribution >= 4 is 39.1 Å². The molecule has 2 aromatic rings. The molecule has 0 radical (unpaired) electrons. The Morgan fingerprint density at radius 2 is 1.83 bits per heavy atom.